The van der Waals surface area contributed by atoms with Gasteiger partial charge in [-0.25, -0.2) is 4.39 Å². The number of nitrogens with one attached hydrogen (secondary N) is 2. The largest absolute Gasteiger partial charge is 0.380 e. The molecule has 0 bridgehead atoms. The second kappa shape index (κ2) is 14.0. The molecule has 42 heavy (non-hydrogen) atoms. The summed E-state index contributed by atoms with van der Waals surface area (Å²) in [4.78, 5) is 44.8. The fourth-order valence-corrected chi connectivity index (χ4v) is 7.13. The van der Waals surface area contributed by atoms with E-state index in [1.165, 1.54) is 18.6 Å². The van der Waals surface area contributed by atoms with Crippen molar-refractivity contribution in [1.29, 1.82) is 0 Å². The van der Waals surface area contributed by atoms with Gasteiger partial charge in [-0.15, -0.1) is 0 Å². The molecule has 2 N–H and O–H groups in total. The van der Waals surface area contributed by atoms with Crippen LogP contribution >= 0.6 is 0 Å². The van der Waals surface area contributed by atoms with Gasteiger partial charge in [-0.2, -0.15) is 0 Å². The Balaban J connectivity index is 1.45. The summed E-state index contributed by atoms with van der Waals surface area (Å²) in [6.45, 7) is 7.95. The van der Waals surface area contributed by atoms with Crippen molar-refractivity contribution in [1.82, 2.24) is 20.4 Å². The van der Waals surface area contributed by atoms with E-state index < -0.39 is 11.5 Å². The Bertz CT molecular complexity index is 1100. The molecule has 3 amide bonds. The maximum atomic E-state index is 14.0. The van der Waals surface area contributed by atoms with E-state index in [2.05, 4.69) is 27.8 Å². The molecule has 2 atom stereocenters. The highest BCUT2D eigenvalue weighted by molar-refractivity contribution is 5.89. The Morgan fingerprint density at radius 2 is 1.71 bits per heavy atom. The van der Waals surface area contributed by atoms with Crippen LogP contribution in [0.1, 0.15) is 90.5 Å². The number of piperidine rings is 1. The molecule has 2 aliphatic heterocycles. The highest BCUT2D eigenvalue weighted by Gasteiger charge is 2.49. The molecule has 0 aromatic heterocycles. The third-order valence-electron chi connectivity index (χ3n) is 9.44. The maximum absolute atomic E-state index is 14.0. The van der Waals surface area contributed by atoms with E-state index in [-0.39, 0.29) is 29.1 Å². The molecule has 8 heteroatoms. The zero-order chi connectivity index (χ0) is 30.3. The van der Waals surface area contributed by atoms with Gasteiger partial charge in [0.1, 0.15) is 11.9 Å². The molecule has 4 rings (SSSR count). The first-order valence-electron chi connectivity index (χ1n) is 16.0. The first-order valence-corrected chi connectivity index (χ1v) is 16.0. The van der Waals surface area contributed by atoms with Gasteiger partial charge in [0, 0.05) is 45.1 Å². The minimum Gasteiger partial charge on any atom is -0.380 e. The Morgan fingerprint density at radius 3 is 2.33 bits per heavy atom. The summed E-state index contributed by atoms with van der Waals surface area (Å²) >= 11 is 0. The summed E-state index contributed by atoms with van der Waals surface area (Å²) in [5.41, 5.74) is 0.00802. The Morgan fingerprint density at radius 1 is 1.05 bits per heavy atom. The van der Waals surface area contributed by atoms with Gasteiger partial charge in [0.15, 0.2) is 0 Å². The number of allylic oxidation sites excluding steroid dienone is 1. The van der Waals surface area contributed by atoms with Crippen molar-refractivity contribution in [2.45, 2.75) is 103 Å². The first kappa shape index (κ1) is 32.0. The van der Waals surface area contributed by atoms with Crippen LogP contribution in [-0.2, 0) is 20.8 Å². The molecule has 1 aromatic rings. The van der Waals surface area contributed by atoms with Crippen molar-refractivity contribution in [3.8, 4) is 0 Å². The summed E-state index contributed by atoms with van der Waals surface area (Å²) in [6.07, 6.45) is 13.5. The van der Waals surface area contributed by atoms with E-state index in [0.717, 1.165) is 50.6 Å². The predicted molar refractivity (Wildman–Crippen MR) is 164 cm³/mol. The first-order chi connectivity index (χ1) is 19.9. The third kappa shape index (κ3) is 8.57. The number of rotatable bonds is 9. The SMILES string of the molecule is CN1C=CC[C@H](CCC(=O)N[C@H](Cc2ccc(F)cc2)C(=O)N2CCC(C(=O)NC(C)(C)C)(C3CCCCC3)CC2)C1. The third-order valence-corrected chi connectivity index (χ3v) is 9.44. The highest BCUT2D eigenvalue weighted by Crippen LogP contribution is 2.46. The molecule has 0 spiro atoms. The summed E-state index contributed by atoms with van der Waals surface area (Å²) in [5, 5.41) is 6.29. The van der Waals surface area contributed by atoms with E-state index in [1.807, 2.05) is 32.7 Å². The lowest BCUT2D eigenvalue weighted by Crippen LogP contribution is -2.59. The highest BCUT2D eigenvalue weighted by atomic mass is 19.1. The Labute approximate surface area is 251 Å². The molecular formula is C34H51FN4O3. The lowest BCUT2D eigenvalue weighted by atomic mass is 9.63. The van der Waals surface area contributed by atoms with E-state index in [0.29, 0.717) is 50.6 Å². The lowest BCUT2D eigenvalue weighted by molar-refractivity contribution is -0.147. The molecule has 2 heterocycles. The van der Waals surface area contributed by atoms with Gasteiger partial charge < -0.3 is 20.4 Å². The lowest BCUT2D eigenvalue weighted by Gasteiger charge is -2.48. The van der Waals surface area contributed by atoms with Gasteiger partial charge in [-0.05, 0) is 95.0 Å². The van der Waals surface area contributed by atoms with Crippen LogP contribution in [0.4, 0.5) is 4.39 Å². The van der Waals surface area contributed by atoms with Crippen LogP contribution in [0, 0.1) is 23.1 Å². The number of halogens is 1. The van der Waals surface area contributed by atoms with E-state index in [1.54, 1.807) is 12.1 Å². The topological polar surface area (TPSA) is 81.8 Å². The van der Waals surface area contributed by atoms with Crippen LogP contribution in [0.2, 0.25) is 0 Å². The number of benzene rings is 1. The van der Waals surface area contributed by atoms with E-state index >= 15 is 0 Å². The molecule has 7 nitrogen and oxygen atoms in total. The van der Waals surface area contributed by atoms with Crippen LogP contribution in [0.25, 0.3) is 0 Å². The minimum atomic E-state index is -0.734. The quantitative estimate of drug-likeness (QED) is 0.419. The van der Waals surface area contributed by atoms with Crippen LogP contribution in [0.3, 0.4) is 0 Å². The second-order valence-electron chi connectivity index (χ2n) is 13.9. The molecule has 1 saturated heterocycles. The average Bonchev–Trinajstić information content (AvgIpc) is 2.96. The van der Waals surface area contributed by atoms with Crippen molar-refractivity contribution < 1.29 is 18.8 Å². The number of carbonyl (C=O) groups excluding carboxylic acids is 3. The summed E-state index contributed by atoms with van der Waals surface area (Å²) in [6, 6.07) is 5.39. The van der Waals surface area contributed by atoms with Crippen molar-refractivity contribution in [3.63, 3.8) is 0 Å². The zero-order valence-electron chi connectivity index (χ0n) is 26.1. The molecule has 0 radical (unpaired) electrons. The van der Waals surface area contributed by atoms with Gasteiger partial charge in [0.2, 0.25) is 17.7 Å². The monoisotopic (exact) mass is 582 g/mol. The van der Waals surface area contributed by atoms with Crippen molar-refractivity contribution in [3.05, 3.63) is 47.9 Å². The Kier molecular flexibility index (Phi) is 10.7. The van der Waals surface area contributed by atoms with Gasteiger partial charge in [0.25, 0.3) is 0 Å². The molecule has 1 aliphatic carbocycles. The van der Waals surface area contributed by atoms with E-state index in [4.69, 9.17) is 0 Å². The maximum Gasteiger partial charge on any atom is 0.245 e. The molecule has 1 aromatic carbocycles. The van der Waals surface area contributed by atoms with Crippen molar-refractivity contribution in [2.24, 2.45) is 17.3 Å². The van der Waals surface area contributed by atoms with Crippen LogP contribution in [-0.4, -0.2) is 65.8 Å². The number of likely N-dealkylation sites (tertiary alicyclic amines) is 1. The standard InChI is InChI=1S/C34H51FN4O3/c1-33(2,3)37-32(42)34(27-10-6-5-7-11-27)18-21-39(22-19-34)31(41)29(23-25-12-15-28(35)16-13-25)36-30(40)17-14-26-9-8-20-38(4)24-26/h8,12-13,15-16,20,26-27,29H,5-7,9-11,14,17-19,21-24H2,1-4H3,(H,36,40)(H,37,42)/t26-,29-/m1/s1. The summed E-state index contributed by atoms with van der Waals surface area (Å²) in [5.74, 6) is 0.266. The summed E-state index contributed by atoms with van der Waals surface area (Å²) < 4.78 is 13.6. The molecule has 1 saturated carbocycles. The number of nitrogens with zero attached hydrogens (tertiary/aromatic N) is 2. The predicted octanol–water partition coefficient (Wildman–Crippen LogP) is 5.20. The van der Waals surface area contributed by atoms with Gasteiger partial charge in [-0.1, -0.05) is 37.5 Å². The number of carbonyl (C=O) groups is 3. The summed E-state index contributed by atoms with van der Waals surface area (Å²) in [7, 11) is 2.04. The fraction of sp³-hybridized carbons (Fsp3) is 0.676. The van der Waals surface area contributed by atoms with Gasteiger partial charge in [-0.3, -0.25) is 14.4 Å². The smallest absolute Gasteiger partial charge is 0.245 e. The van der Waals surface area contributed by atoms with Crippen LogP contribution in [0.15, 0.2) is 36.5 Å². The van der Waals surface area contributed by atoms with Crippen LogP contribution in [0.5, 0.6) is 0 Å². The minimum absolute atomic E-state index is 0.119. The van der Waals surface area contributed by atoms with Crippen LogP contribution < -0.4 is 10.6 Å². The molecule has 232 valence electrons. The number of hydrogen-bond acceptors (Lipinski definition) is 4. The van der Waals surface area contributed by atoms with Crippen molar-refractivity contribution >= 4 is 17.7 Å². The molecular weight excluding hydrogens is 531 g/mol. The van der Waals surface area contributed by atoms with E-state index in [9.17, 15) is 18.8 Å². The van der Waals surface area contributed by atoms with Crippen molar-refractivity contribution in [2.75, 3.05) is 26.7 Å². The Hall–Kier alpha value is -2.90. The van der Waals surface area contributed by atoms with Gasteiger partial charge in [0.05, 0.1) is 5.41 Å². The second-order valence-corrected chi connectivity index (χ2v) is 13.9. The zero-order valence-corrected chi connectivity index (χ0v) is 26.1. The average molecular weight is 583 g/mol. The fourth-order valence-electron chi connectivity index (χ4n) is 7.13. The normalized spacial score (nSPS) is 22.0. The molecule has 2 fully saturated rings. The number of amides is 3. The number of hydrogen-bond donors (Lipinski definition) is 2. The van der Waals surface area contributed by atoms with Gasteiger partial charge >= 0.3 is 0 Å². The molecule has 3 aliphatic rings. The molecule has 0 unspecified atom stereocenters.